The average Bonchev–Trinajstić information content (AvgIpc) is 3.80. The summed E-state index contributed by atoms with van der Waals surface area (Å²) in [6.45, 7) is 5.09. The number of amides is 2. The zero-order valence-corrected chi connectivity index (χ0v) is 25.0. The van der Waals surface area contributed by atoms with Gasteiger partial charge in [-0.05, 0) is 65.4 Å². The van der Waals surface area contributed by atoms with Crippen molar-refractivity contribution in [2.45, 2.75) is 38.1 Å². The molecule has 0 saturated carbocycles. The van der Waals surface area contributed by atoms with Crippen LogP contribution in [0.3, 0.4) is 0 Å². The standard InChI is InChI=1S/C37H36FN3O4/c1-23-26(16-18-45-23)20-30(21-27-15-17-39-36(27)43)40-37(44)28(19-24-9-11-29(38)12-10-24)22-35(42)34-14-13-33(41-34)32-8-4-6-25-5-2-3-7-31(25)32/h2-14,20,27-28,30,41H,1,15-19,21-22H2,(H,39,43)(H,40,44)/b26-20+/t27-,28-,30+/m0/s1. The van der Waals surface area contributed by atoms with Gasteiger partial charge in [-0.3, -0.25) is 14.4 Å². The van der Waals surface area contributed by atoms with Crippen LogP contribution in [0.5, 0.6) is 0 Å². The molecule has 2 aliphatic heterocycles. The number of Topliss-reactive ketones (excluding diaryl/α,β-unsaturated/α-hetero) is 1. The van der Waals surface area contributed by atoms with Gasteiger partial charge in [0.15, 0.2) is 5.78 Å². The van der Waals surface area contributed by atoms with Gasteiger partial charge >= 0.3 is 0 Å². The largest absolute Gasteiger partial charge is 0.494 e. The SMILES string of the molecule is C=C1OCC/C1=C\[C@H](C[C@@H]1CCNC1=O)NC(=O)[C@H](CC(=O)c1ccc(-c2cccc3ccccc23)[nH]1)Cc1ccc(F)cc1. The normalized spacial score (nSPS) is 18.5. The Balaban J connectivity index is 1.24. The fraction of sp³-hybridized carbons (Fsp3) is 0.270. The molecule has 0 radical (unpaired) electrons. The van der Waals surface area contributed by atoms with Crippen LogP contribution in [0.25, 0.3) is 22.0 Å². The van der Waals surface area contributed by atoms with Crippen LogP contribution in [0.15, 0.2) is 103 Å². The highest BCUT2D eigenvalue weighted by Gasteiger charge is 2.31. The fourth-order valence-electron chi connectivity index (χ4n) is 6.25. The van der Waals surface area contributed by atoms with Crippen molar-refractivity contribution in [1.29, 1.82) is 0 Å². The summed E-state index contributed by atoms with van der Waals surface area (Å²) in [6, 6.07) is 23.3. The first-order valence-corrected chi connectivity index (χ1v) is 15.4. The van der Waals surface area contributed by atoms with Crippen LogP contribution in [-0.2, 0) is 20.7 Å². The molecule has 0 unspecified atom stereocenters. The lowest BCUT2D eigenvalue weighted by Gasteiger charge is -2.23. The van der Waals surface area contributed by atoms with Crippen LogP contribution in [-0.4, -0.2) is 41.8 Å². The summed E-state index contributed by atoms with van der Waals surface area (Å²) in [5.74, 6) is -1.30. The summed E-state index contributed by atoms with van der Waals surface area (Å²) in [5, 5.41) is 8.16. The Morgan fingerprint density at radius 1 is 1.04 bits per heavy atom. The lowest BCUT2D eigenvalue weighted by Crippen LogP contribution is -2.41. The molecule has 6 rings (SSSR count). The van der Waals surface area contributed by atoms with E-state index in [0.29, 0.717) is 43.9 Å². The Morgan fingerprint density at radius 2 is 1.84 bits per heavy atom. The number of rotatable bonds is 11. The maximum atomic E-state index is 13.9. The lowest BCUT2D eigenvalue weighted by atomic mass is 9.91. The predicted molar refractivity (Wildman–Crippen MR) is 172 cm³/mol. The highest BCUT2D eigenvalue weighted by molar-refractivity contribution is 6.00. The van der Waals surface area contributed by atoms with Crippen molar-refractivity contribution >= 4 is 28.4 Å². The molecule has 3 aromatic carbocycles. The minimum Gasteiger partial charge on any atom is -0.494 e. The Kier molecular flexibility index (Phi) is 8.91. The Labute approximate surface area is 261 Å². The van der Waals surface area contributed by atoms with Crippen LogP contribution >= 0.6 is 0 Å². The third kappa shape index (κ3) is 7.06. The molecule has 2 aliphatic rings. The number of hydrogen-bond acceptors (Lipinski definition) is 4. The first-order chi connectivity index (χ1) is 21.8. The maximum Gasteiger partial charge on any atom is 0.224 e. The molecule has 3 heterocycles. The lowest BCUT2D eigenvalue weighted by molar-refractivity contribution is -0.126. The van der Waals surface area contributed by atoms with E-state index in [1.165, 1.54) is 12.1 Å². The van der Waals surface area contributed by atoms with Gasteiger partial charge in [0.2, 0.25) is 11.8 Å². The number of halogens is 1. The summed E-state index contributed by atoms with van der Waals surface area (Å²) in [4.78, 5) is 43.3. The molecule has 0 aliphatic carbocycles. The minimum absolute atomic E-state index is 0.0269. The zero-order chi connectivity index (χ0) is 31.3. The molecule has 1 aromatic heterocycles. The van der Waals surface area contributed by atoms with Gasteiger partial charge in [0, 0.05) is 48.5 Å². The van der Waals surface area contributed by atoms with Gasteiger partial charge in [0.05, 0.1) is 12.3 Å². The minimum atomic E-state index is -0.728. The van der Waals surface area contributed by atoms with Gasteiger partial charge in [-0.25, -0.2) is 4.39 Å². The quantitative estimate of drug-likeness (QED) is 0.175. The van der Waals surface area contributed by atoms with E-state index in [4.69, 9.17) is 4.74 Å². The molecule has 2 fully saturated rings. The second kappa shape index (κ2) is 13.3. The van der Waals surface area contributed by atoms with E-state index >= 15 is 0 Å². The molecule has 7 nitrogen and oxygen atoms in total. The van der Waals surface area contributed by atoms with Crippen molar-refractivity contribution in [3.8, 4) is 11.3 Å². The van der Waals surface area contributed by atoms with Crippen molar-refractivity contribution in [3.63, 3.8) is 0 Å². The summed E-state index contributed by atoms with van der Waals surface area (Å²) in [7, 11) is 0. The third-order valence-electron chi connectivity index (χ3n) is 8.70. The van der Waals surface area contributed by atoms with Crippen molar-refractivity contribution < 1.29 is 23.5 Å². The number of ketones is 1. The number of fused-ring (bicyclic) bond motifs is 1. The molecule has 2 saturated heterocycles. The molecule has 3 N–H and O–H groups in total. The number of nitrogens with one attached hydrogen (secondary N) is 3. The van der Waals surface area contributed by atoms with Crippen LogP contribution in [0.4, 0.5) is 4.39 Å². The second-order valence-electron chi connectivity index (χ2n) is 11.8. The monoisotopic (exact) mass is 605 g/mol. The van der Waals surface area contributed by atoms with Crippen molar-refractivity contribution in [2.75, 3.05) is 13.2 Å². The van der Waals surface area contributed by atoms with E-state index < -0.39 is 12.0 Å². The van der Waals surface area contributed by atoms with Crippen molar-refractivity contribution in [1.82, 2.24) is 15.6 Å². The number of carbonyl (C=O) groups is 3. The Hall–Kier alpha value is -4.98. The number of aromatic nitrogens is 1. The van der Waals surface area contributed by atoms with Gasteiger partial charge in [-0.2, -0.15) is 0 Å². The number of hydrogen-bond donors (Lipinski definition) is 3. The highest BCUT2D eigenvalue weighted by Crippen LogP contribution is 2.29. The first-order valence-electron chi connectivity index (χ1n) is 15.4. The van der Waals surface area contributed by atoms with Gasteiger partial charge in [-0.1, -0.05) is 67.3 Å². The van der Waals surface area contributed by atoms with E-state index in [1.54, 1.807) is 18.2 Å². The van der Waals surface area contributed by atoms with Gasteiger partial charge < -0.3 is 20.4 Å². The Bertz CT molecular complexity index is 1770. The smallest absolute Gasteiger partial charge is 0.224 e. The molecule has 8 heteroatoms. The molecule has 4 aromatic rings. The van der Waals surface area contributed by atoms with Crippen LogP contribution < -0.4 is 10.6 Å². The van der Waals surface area contributed by atoms with E-state index in [0.717, 1.165) is 33.2 Å². The zero-order valence-electron chi connectivity index (χ0n) is 25.0. The number of aromatic amines is 1. The van der Waals surface area contributed by atoms with Crippen LogP contribution in [0, 0.1) is 17.7 Å². The first kappa shape index (κ1) is 30.1. The summed E-state index contributed by atoms with van der Waals surface area (Å²) >= 11 is 0. The number of benzene rings is 3. The number of H-pyrrole nitrogens is 1. The predicted octanol–water partition coefficient (Wildman–Crippen LogP) is 6.28. The Morgan fingerprint density at radius 3 is 2.60 bits per heavy atom. The van der Waals surface area contributed by atoms with Crippen molar-refractivity contribution in [2.24, 2.45) is 11.8 Å². The summed E-state index contributed by atoms with van der Waals surface area (Å²) in [5.41, 5.74) is 3.86. The second-order valence-corrected chi connectivity index (χ2v) is 11.8. The molecule has 0 bridgehead atoms. The highest BCUT2D eigenvalue weighted by atomic mass is 19.1. The summed E-state index contributed by atoms with van der Waals surface area (Å²) in [6.07, 6.45) is 3.91. The van der Waals surface area contributed by atoms with E-state index in [1.807, 2.05) is 54.6 Å². The van der Waals surface area contributed by atoms with E-state index in [9.17, 15) is 18.8 Å². The molecule has 2 amide bonds. The van der Waals surface area contributed by atoms with E-state index in [2.05, 4.69) is 22.2 Å². The molecular weight excluding hydrogens is 569 g/mol. The molecule has 0 spiro atoms. The topological polar surface area (TPSA) is 100 Å². The number of allylic oxidation sites excluding steroid dienone is 1. The molecule has 230 valence electrons. The van der Waals surface area contributed by atoms with Crippen molar-refractivity contribution in [3.05, 3.63) is 120 Å². The van der Waals surface area contributed by atoms with Gasteiger partial charge in [-0.15, -0.1) is 0 Å². The number of carbonyl (C=O) groups excluding carboxylic acids is 3. The maximum absolute atomic E-state index is 13.9. The van der Waals surface area contributed by atoms with Crippen LogP contribution in [0.2, 0.25) is 0 Å². The summed E-state index contributed by atoms with van der Waals surface area (Å²) < 4.78 is 19.2. The van der Waals surface area contributed by atoms with Gasteiger partial charge in [0.25, 0.3) is 0 Å². The molecule has 3 atom stereocenters. The van der Waals surface area contributed by atoms with Gasteiger partial charge in [0.1, 0.15) is 11.6 Å². The van der Waals surface area contributed by atoms with E-state index in [-0.39, 0.29) is 42.2 Å². The number of ether oxygens (including phenoxy) is 1. The fourth-order valence-corrected chi connectivity index (χ4v) is 6.25. The third-order valence-corrected chi connectivity index (χ3v) is 8.70. The molecular formula is C37H36FN3O4. The average molecular weight is 606 g/mol. The molecule has 45 heavy (non-hydrogen) atoms. The van der Waals surface area contributed by atoms with Crippen LogP contribution in [0.1, 0.15) is 41.7 Å².